The molecule has 0 N–H and O–H groups in total. The van der Waals surface area contributed by atoms with Crippen LogP contribution in [0.15, 0.2) is 30.7 Å². The number of likely N-dealkylation sites (tertiary alicyclic amines) is 1. The van der Waals surface area contributed by atoms with Gasteiger partial charge in [0.1, 0.15) is 24.0 Å². The van der Waals surface area contributed by atoms with Crippen molar-refractivity contribution in [3.63, 3.8) is 0 Å². The van der Waals surface area contributed by atoms with E-state index in [1.54, 1.807) is 47.4 Å². The molecule has 9 nitrogen and oxygen atoms in total. The van der Waals surface area contributed by atoms with Crippen molar-refractivity contribution in [2.75, 3.05) is 33.4 Å². The number of pyridine rings is 1. The molecule has 4 rings (SSSR count). The van der Waals surface area contributed by atoms with Crippen LogP contribution < -0.4 is 4.74 Å². The molecule has 2 aliphatic rings. The zero-order chi connectivity index (χ0) is 17.2. The highest BCUT2D eigenvalue weighted by Crippen LogP contribution is 2.22. The lowest BCUT2D eigenvalue weighted by atomic mass is 10.1. The first-order valence-electron chi connectivity index (χ1n) is 8.13. The van der Waals surface area contributed by atoms with Crippen molar-refractivity contribution in [1.82, 2.24) is 24.9 Å². The molecule has 2 aromatic rings. The Kier molecular flexibility index (Phi) is 4.33. The van der Waals surface area contributed by atoms with E-state index >= 15 is 0 Å². The van der Waals surface area contributed by atoms with Crippen molar-refractivity contribution < 1.29 is 19.0 Å². The predicted octanol–water partition coefficient (Wildman–Crippen LogP) is 0.163. The first-order valence-corrected chi connectivity index (χ1v) is 8.13. The smallest absolute Gasteiger partial charge is 0.276 e. The Morgan fingerprint density at radius 3 is 2.84 bits per heavy atom. The molecule has 0 spiro atoms. The number of hydrogen-bond acceptors (Lipinski definition) is 7. The number of rotatable bonds is 5. The van der Waals surface area contributed by atoms with Gasteiger partial charge in [-0.25, -0.2) is 4.68 Å². The maximum Gasteiger partial charge on any atom is 0.276 e. The molecule has 0 saturated carbocycles. The van der Waals surface area contributed by atoms with Crippen LogP contribution >= 0.6 is 0 Å². The van der Waals surface area contributed by atoms with E-state index in [1.807, 2.05) is 0 Å². The topological polar surface area (TPSA) is 91.6 Å². The first kappa shape index (κ1) is 16.0. The Hall–Kier alpha value is -2.52. The third kappa shape index (κ3) is 3.20. The summed E-state index contributed by atoms with van der Waals surface area (Å²) in [5, 5.41) is 8.07. The molecule has 0 aliphatic carbocycles. The summed E-state index contributed by atoms with van der Waals surface area (Å²) in [5.74, 6) is 0.610. The average Bonchev–Trinajstić information content (AvgIpc) is 3.26. The van der Waals surface area contributed by atoms with Crippen molar-refractivity contribution in [3.05, 3.63) is 36.4 Å². The number of aromatic nitrogens is 4. The van der Waals surface area contributed by atoms with Gasteiger partial charge in [-0.2, -0.15) is 0 Å². The number of carbonyl (C=O) groups is 1. The van der Waals surface area contributed by atoms with Crippen molar-refractivity contribution in [2.24, 2.45) is 0 Å². The Balaban J connectivity index is 1.34. The van der Waals surface area contributed by atoms with E-state index in [9.17, 15) is 4.79 Å². The third-order valence-corrected chi connectivity index (χ3v) is 4.46. The quantitative estimate of drug-likeness (QED) is 0.762. The standard InChI is InChI=1S/C16H19N5O4/c1-23-15-10-24-9-14(15)21-8-13(18-19-21)16(22)20-6-12(7-20)25-11-2-4-17-5-3-11/h2-5,8,12,14-15H,6-7,9-10H2,1H3/t14-,15-/m1/s1. The van der Waals surface area contributed by atoms with Gasteiger partial charge in [-0.1, -0.05) is 5.21 Å². The minimum atomic E-state index is -0.145. The Morgan fingerprint density at radius 2 is 2.08 bits per heavy atom. The van der Waals surface area contributed by atoms with Crippen molar-refractivity contribution >= 4 is 5.91 Å². The van der Waals surface area contributed by atoms with Crippen LogP contribution in [-0.2, 0) is 9.47 Å². The molecule has 2 atom stereocenters. The van der Waals surface area contributed by atoms with Gasteiger partial charge in [0.05, 0.1) is 32.5 Å². The summed E-state index contributed by atoms with van der Waals surface area (Å²) in [5.41, 5.74) is 0.323. The lowest BCUT2D eigenvalue weighted by molar-refractivity contribution is 0.0173. The fraction of sp³-hybridized carbons (Fsp3) is 0.500. The van der Waals surface area contributed by atoms with E-state index < -0.39 is 0 Å². The van der Waals surface area contributed by atoms with Gasteiger partial charge in [0.15, 0.2) is 5.69 Å². The molecule has 2 saturated heterocycles. The second kappa shape index (κ2) is 6.77. The van der Waals surface area contributed by atoms with Crippen LogP contribution in [0.5, 0.6) is 5.75 Å². The fourth-order valence-corrected chi connectivity index (χ4v) is 2.98. The average molecular weight is 345 g/mol. The van der Waals surface area contributed by atoms with Gasteiger partial charge >= 0.3 is 0 Å². The molecule has 0 bridgehead atoms. The van der Waals surface area contributed by atoms with Gasteiger partial charge in [-0.05, 0) is 12.1 Å². The summed E-state index contributed by atoms with van der Waals surface area (Å²) in [6.45, 7) is 2.08. The molecule has 0 radical (unpaired) electrons. The summed E-state index contributed by atoms with van der Waals surface area (Å²) >= 11 is 0. The number of methoxy groups -OCH3 is 1. The van der Waals surface area contributed by atoms with Crippen LogP contribution in [0.1, 0.15) is 16.5 Å². The van der Waals surface area contributed by atoms with Gasteiger partial charge in [-0.3, -0.25) is 9.78 Å². The highest BCUT2D eigenvalue weighted by molar-refractivity contribution is 5.92. The molecular weight excluding hydrogens is 326 g/mol. The molecule has 4 heterocycles. The van der Waals surface area contributed by atoms with Crippen LogP contribution in [0.2, 0.25) is 0 Å². The SMILES string of the molecule is CO[C@@H]1COC[C@H]1n1cc(C(=O)N2CC(Oc3ccncc3)C2)nn1. The monoisotopic (exact) mass is 345 g/mol. The van der Waals surface area contributed by atoms with E-state index in [0.29, 0.717) is 32.0 Å². The maximum atomic E-state index is 12.5. The molecule has 2 aliphatic heterocycles. The zero-order valence-electron chi connectivity index (χ0n) is 13.8. The van der Waals surface area contributed by atoms with Crippen molar-refractivity contribution in [2.45, 2.75) is 18.2 Å². The number of amides is 1. The second-order valence-electron chi connectivity index (χ2n) is 6.10. The van der Waals surface area contributed by atoms with E-state index in [2.05, 4.69) is 15.3 Å². The summed E-state index contributed by atoms with van der Waals surface area (Å²) in [7, 11) is 1.64. The van der Waals surface area contributed by atoms with Gasteiger partial charge in [0.2, 0.25) is 0 Å². The Bertz CT molecular complexity index is 731. The summed E-state index contributed by atoms with van der Waals surface area (Å²) in [6, 6.07) is 3.54. The second-order valence-corrected chi connectivity index (χ2v) is 6.10. The normalized spacial score (nSPS) is 23.5. The molecular formula is C16H19N5O4. The number of hydrogen-bond donors (Lipinski definition) is 0. The van der Waals surface area contributed by atoms with Crippen LogP contribution in [-0.4, -0.2) is 76.4 Å². The highest BCUT2D eigenvalue weighted by Gasteiger charge is 2.35. The molecule has 2 fully saturated rings. The van der Waals surface area contributed by atoms with E-state index in [0.717, 1.165) is 5.75 Å². The van der Waals surface area contributed by atoms with Crippen LogP contribution in [0.3, 0.4) is 0 Å². The first-order chi connectivity index (χ1) is 12.2. The molecule has 0 aromatic carbocycles. The number of carbonyl (C=O) groups excluding carboxylic acids is 1. The summed E-state index contributed by atoms with van der Waals surface area (Å²) in [4.78, 5) is 18.1. The van der Waals surface area contributed by atoms with Crippen molar-refractivity contribution in [3.8, 4) is 5.75 Å². The minimum absolute atomic E-state index is 0.0116. The summed E-state index contributed by atoms with van der Waals surface area (Å²) < 4.78 is 18.2. The van der Waals surface area contributed by atoms with Gasteiger partial charge < -0.3 is 19.1 Å². The van der Waals surface area contributed by atoms with Crippen molar-refractivity contribution in [1.29, 1.82) is 0 Å². The highest BCUT2D eigenvalue weighted by atomic mass is 16.5. The molecule has 0 unspecified atom stereocenters. The van der Waals surface area contributed by atoms with E-state index in [4.69, 9.17) is 14.2 Å². The fourth-order valence-electron chi connectivity index (χ4n) is 2.98. The summed E-state index contributed by atoms with van der Waals surface area (Å²) in [6.07, 6.45) is 4.92. The third-order valence-electron chi connectivity index (χ3n) is 4.46. The van der Waals surface area contributed by atoms with Gasteiger partial charge in [-0.15, -0.1) is 5.10 Å². The maximum absolute atomic E-state index is 12.5. The number of ether oxygens (including phenoxy) is 3. The minimum Gasteiger partial charge on any atom is -0.487 e. The molecule has 9 heteroatoms. The van der Waals surface area contributed by atoms with Crippen LogP contribution in [0, 0.1) is 0 Å². The predicted molar refractivity (Wildman–Crippen MR) is 85.2 cm³/mol. The van der Waals surface area contributed by atoms with E-state index in [-0.39, 0.29) is 24.2 Å². The molecule has 2 aromatic heterocycles. The largest absolute Gasteiger partial charge is 0.487 e. The van der Waals surface area contributed by atoms with Gasteiger partial charge in [0.25, 0.3) is 5.91 Å². The Morgan fingerprint density at radius 1 is 1.28 bits per heavy atom. The lowest BCUT2D eigenvalue weighted by Gasteiger charge is -2.38. The molecule has 1 amide bonds. The molecule has 132 valence electrons. The van der Waals surface area contributed by atoms with Gasteiger partial charge in [0, 0.05) is 19.5 Å². The van der Waals surface area contributed by atoms with Crippen LogP contribution in [0.25, 0.3) is 0 Å². The molecule has 25 heavy (non-hydrogen) atoms. The Labute approximate surface area is 144 Å². The number of nitrogens with zero attached hydrogens (tertiary/aromatic N) is 5. The van der Waals surface area contributed by atoms with Crippen LogP contribution in [0.4, 0.5) is 0 Å². The lowest BCUT2D eigenvalue weighted by Crippen LogP contribution is -2.56. The van der Waals surface area contributed by atoms with E-state index in [1.165, 1.54) is 0 Å². The zero-order valence-corrected chi connectivity index (χ0v) is 13.8.